The van der Waals surface area contributed by atoms with Crippen LogP contribution in [0.1, 0.15) is 0 Å². The van der Waals surface area contributed by atoms with Crippen LogP contribution >= 0.6 is 0 Å². The lowest BCUT2D eigenvalue weighted by atomic mass is 10.4. The van der Waals surface area contributed by atoms with Gasteiger partial charge in [0.1, 0.15) is 0 Å². The molecule has 0 amide bonds. The number of aromatic nitrogens is 1. The molecule has 0 unspecified atom stereocenters. The second-order valence-electron chi connectivity index (χ2n) is 1.66. The highest BCUT2D eigenvalue weighted by atomic mass is 16.6. The first-order valence-electron chi connectivity index (χ1n) is 2.76. The zero-order valence-electron chi connectivity index (χ0n) is 5.91. The molecule has 0 aliphatic heterocycles. The zero-order chi connectivity index (χ0) is 9.56. The molecule has 0 bridgehead atoms. The third-order valence-electron chi connectivity index (χ3n) is 1.01. The maximum absolute atomic E-state index is 10.1. The number of hydrogen-bond acceptors (Lipinski definition) is 6. The highest BCUT2D eigenvalue weighted by Crippen LogP contribution is 2.15. The van der Waals surface area contributed by atoms with Crippen molar-refractivity contribution in [1.29, 1.82) is 10.8 Å². The van der Waals surface area contributed by atoms with Crippen LogP contribution in [0, 0.1) is 20.9 Å². The van der Waals surface area contributed by atoms with Gasteiger partial charge in [0, 0.05) is 23.0 Å². The van der Waals surface area contributed by atoms with E-state index in [1.165, 1.54) is 18.3 Å². The summed E-state index contributed by atoms with van der Waals surface area (Å²) in [5.41, 5.74) is 5.02. The third kappa shape index (κ3) is 2.18. The van der Waals surface area contributed by atoms with Gasteiger partial charge in [-0.25, -0.2) is 4.98 Å². The third-order valence-corrected chi connectivity index (χ3v) is 1.01. The molecule has 0 saturated heterocycles. The first kappa shape index (κ1) is 9.77. The second kappa shape index (κ2) is 4.56. The Kier molecular flexibility index (Phi) is 3.72. The number of nitrogen functional groups attached to an aromatic ring is 1. The van der Waals surface area contributed by atoms with E-state index < -0.39 is 4.92 Å². The molecule has 0 radical (unpaired) electrons. The van der Waals surface area contributed by atoms with E-state index >= 15 is 0 Å². The molecule has 0 aliphatic rings. The Morgan fingerprint density at radius 1 is 1.58 bits per heavy atom. The minimum Gasteiger partial charge on any atom is -0.378 e. The van der Waals surface area contributed by atoms with E-state index in [2.05, 4.69) is 4.98 Å². The van der Waals surface area contributed by atoms with Crippen molar-refractivity contribution in [2.24, 2.45) is 0 Å². The van der Waals surface area contributed by atoms with Crippen molar-refractivity contribution in [3.05, 3.63) is 28.4 Å². The van der Waals surface area contributed by atoms with Gasteiger partial charge < -0.3 is 5.73 Å². The van der Waals surface area contributed by atoms with E-state index in [1.54, 1.807) is 0 Å². The molecule has 0 aliphatic carbocycles. The normalized spacial score (nSPS) is 7.83. The summed E-state index contributed by atoms with van der Waals surface area (Å²) in [5, 5.41) is 22.1. The van der Waals surface area contributed by atoms with Crippen LogP contribution < -0.4 is 5.73 Å². The molecule has 1 rings (SSSR count). The predicted octanol–water partition coefficient (Wildman–Crippen LogP) is 0.602. The number of nitrogens with zero attached hydrogens (tertiary/aromatic N) is 4. The summed E-state index contributed by atoms with van der Waals surface area (Å²) in [7, 11) is 0. The molecule has 0 fully saturated rings. The lowest BCUT2D eigenvalue weighted by molar-refractivity contribution is -0.384. The molecule has 1 aromatic heterocycles. The highest BCUT2D eigenvalue weighted by molar-refractivity contribution is 5.50. The summed E-state index contributed by atoms with van der Waals surface area (Å²) in [6.07, 6.45) is 1.41. The van der Waals surface area contributed by atoms with E-state index in [4.69, 9.17) is 16.5 Å². The van der Waals surface area contributed by atoms with E-state index in [1.807, 2.05) is 0 Å². The SMILES string of the molecule is N#N.Nc1ncccc1[N+](=O)[O-]. The quantitative estimate of drug-likeness (QED) is 0.370. The Balaban J connectivity index is 0.000000561. The molecule has 0 spiro atoms. The van der Waals surface area contributed by atoms with Crippen LogP contribution in [0.4, 0.5) is 11.5 Å². The number of rotatable bonds is 1. The van der Waals surface area contributed by atoms with Crippen molar-refractivity contribution in [2.45, 2.75) is 0 Å². The molecule has 62 valence electrons. The predicted molar refractivity (Wildman–Crippen MR) is 38.8 cm³/mol. The van der Waals surface area contributed by atoms with Crippen LogP contribution in [-0.4, -0.2) is 9.91 Å². The largest absolute Gasteiger partial charge is 0.378 e. The van der Waals surface area contributed by atoms with E-state index in [0.29, 0.717) is 0 Å². The zero-order valence-corrected chi connectivity index (χ0v) is 5.91. The average Bonchev–Trinajstić information content (AvgIpc) is 2.08. The Bertz CT molecular complexity index is 297. The lowest BCUT2D eigenvalue weighted by Gasteiger charge is -1.91. The van der Waals surface area contributed by atoms with Crippen molar-refractivity contribution in [3.8, 4) is 0 Å². The van der Waals surface area contributed by atoms with Gasteiger partial charge in [-0.2, -0.15) is 0 Å². The fourth-order valence-electron chi connectivity index (χ4n) is 0.563. The molecular weight excluding hydrogens is 162 g/mol. The Morgan fingerprint density at radius 2 is 2.17 bits per heavy atom. The second-order valence-corrected chi connectivity index (χ2v) is 1.66. The molecule has 12 heavy (non-hydrogen) atoms. The van der Waals surface area contributed by atoms with Crippen molar-refractivity contribution in [2.75, 3.05) is 5.73 Å². The lowest BCUT2D eigenvalue weighted by Crippen LogP contribution is -1.96. The molecule has 2 N–H and O–H groups in total. The summed E-state index contributed by atoms with van der Waals surface area (Å²) in [4.78, 5) is 13.1. The van der Waals surface area contributed by atoms with Gasteiger partial charge in [0.25, 0.3) is 0 Å². The molecule has 1 aromatic rings. The van der Waals surface area contributed by atoms with Gasteiger partial charge in [-0.1, -0.05) is 0 Å². The van der Waals surface area contributed by atoms with E-state index in [0.717, 1.165) is 0 Å². The standard InChI is InChI=1S/C5H5N3O2.N2/c6-5-4(8(9)10)2-1-3-7-5;1-2/h1-3H,(H2,6,7);. The first-order chi connectivity index (χ1) is 5.72. The Labute approximate surface area is 67.4 Å². The summed E-state index contributed by atoms with van der Waals surface area (Å²) < 4.78 is 0. The molecule has 7 nitrogen and oxygen atoms in total. The Hall–Kier alpha value is -2.23. The molecule has 1 heterocycles. The summed E-state index contributed by atoms with van der Waals surface area (Å²) in [5.74, 6) is -0.0486. The van der Waals surface area contributed by atoms with Gasteiger partial charge in [0.15, 0.2) is 0 Å². The van der Waals surface area contributed by atoms with Crippen LogP contribution in [0.25, 0.3) is 0 Å². The van der Waals surface area contributed by atoms with Gasteiger partial charge in [-0.3, -0.25) is 10.1 Å². The maximum atomic E-state index is 10.1. The highest BCUT2D eigenvalue weighted by Gasteiger charge is 2.08. The van der Waals surface area contributed by atoms with E-state index in [-0.39, 0.29) is 11.5 Å². The number of nitrogens with two attached hydrogens (primary N) is 1. The number of pyridine rings is 1. The number of nitro groups is 1. The molecule has 0 saturated carbocycles. The van der Waals surface area contributed by atoms with Gasteiger partial charge in [0.2, 0.25) is 5.82 Å². The van der Waals surface area contributed by atoms with Gasteiger partial charge in [-0.15, -0.1) is 0 Å². The smallest absolute Gasteiger partial charge is 0.311 e. The van der Waals surface area contributed by atoms with Crippen molar-refractivity contribution in [1.82, 2.24) is 4.98 Å². The van der Waals surface area contributed by atoms with Crippen LogP contribution in [0.5, 0.6) is 0 Å². The fraction of sp³-hybridized carbons (Fsp3) is 0. The molecule has 0 atom stereocenters. The maximum Gasteiger partial charge on any atom is 0.311 e. The van der Waals surface area contributed by atoms with Gasteiger partial charge >= 0.3 is 5.69 Å². The van der Waals surface area contributed by atoms with Gasteiger partial charge in [0.05, 0.1) is 4.92 Å². The summed E-state index contributed by atoms with van der Waals surface area (Å²) >= 11 is 0. The average molecular weight is 167 g/mol. The molecular formula is C5H5N5O2. The first-order valence-corrected chi connectivity index (χ1v) is 2.76. The van der Waals surface area contributed by atoms with E-state index in [9.17, 15) is 10.1 Å². The van der Waals surface area contributed by atoms with Gasteiger partial charge in [-0.05, 0) is 6.07 Å². The minimum absolute atomic E-state index is 0.0486. The van der Waals surface area contributed by atoms with Crippen LogP contribution in [0.3, 0.4) is 0 Å². The number of anilines is 1. The summed E-state index contributed by atoms with van der Waals surface area (Å²) in [6.45, 7) is 0. The van der Waals surface area contributed by atoms with Crippen LogP contribution in [0.2, 0.25) is 0 Å². The van der Waals surface area contributed by atoms with Crippen molar-refractivity contribution < 1.29 is 4.92 Å². The topological polar surface area (TPSA) is 130 Å². The van der Waals surface area contributed by atoms with Crippen molar-refractivity contribution in [3.63, 3.8) is 0 Å². The molecule has 0 aromatic carbocycles. The fourth-order valence-corrected chi connectivity index (χ4v) is 0.563. The van der Waals surface area contributed by atoms with Crippen LogP contribution in [0.15, 0.2) is 18.3 Å². The number of hydrogen-bond donors (Lipinski definition) is 1. The molecule has 7 heteroatoms. The monoisotopic (exact) mass is 167 g/mol. The summed E-state index contributed by atoms with van der Waals surface area (Å²) in [6, 6.07) is 2.77. The van der Waals surface area contributed by atoms with Crippen molar-refractivity contribution >= 4 is 11.5 Å². The minimum atomic E-state index is -0.567. The van der Waals surface area contributed by atoms with Crippen LogP contribution in [-0.2, 0) is 0 Å². The Morgan fingerprint density at radius 3 is 2.50 bits per heavy atom.